The molecule has 8 heteroatoms. The van der Waals surface area contributed by atoms with E-state index >= 15 is 0 Å². The first-order valence-electron chi connectivity index (χ1n) is 8.54. The fraction of sp³-hybridized carbons (Fsp3) is 0.389. The summed E-state index contributed by atoms with van der Waals surface area (Å²) in [6.45, 7) is 1.04. The molecule has 7 nitrogen and oxygen atoms in total. The number of methoxy groups -OCH3 is 1. The number of nitrogens with one attached hydrogen (secondary N) is 1. The van der Waals surface area contributed by atoms with Gasteiger partial charge in [-0.05, 0) is 37.1 Å². The Balaban J connectivity index is 1.90. The van der Waals surface area contributed by atoms with Gasteiger partial charge in [0.25, 0.3) is 5.91 Å². The van der Waals surface area contributed by atoms with Gasteiger partial charge in [0.05, 0.1) is 29.5 Å². The van der Waals surface area contributed by atoms with Crippen LogP contribution in [-0.4, -0.2) is 38.8 Å². The van der Waals surface area contributed by atoms with Crippen molar-refractivity contribution < 1.29 is 22.4 Å². The van der Waals surface area contributed by atoms with Gasteiger partial charge in [0.1, 0.15) is 12.0 Å². The molecule has 0 unspecified atom stereocenters. The van der Waals surface area contributed by atoms with E-state index < -0.39 is 15.9 Å². The molecule has 1 saturated heterocycles. The average Bonchev–Trinajstić information content (AvgIpc) is 3.03. The van der Waals surface area contributed by atoms with E-state index in [-0.39, 0.29) is 4.90 Å². The first kappa shape index (κ1) is 18.5. The average molecular weight is 378 g/mol. The molecule has 3 rings (SSSR count). The van der Waals surface area contributed by atoms with E-state index in [2.05, 4.69) is 5.32 Å². The number of ether oxygens (including phenoxy) is 1. The summed E-state index contributed by atoms with van der Waals surface area (Å²) in [5.74, 6) is -0.0157. The van der Waals surface area contributed by atoms with E-state index in [1.165, 1.54) is 42.1 Å². The van der Waals surface area contributed by atoms with Crippen LogP contribution in [0.5, 0.6) is 5.75 Å². The number of rotatable bonds is 5. The van der Waals surface area contributed by atoms with Crippen molar-refractivity contribution in [3.05, 3.63) is 42.4 Å². The Bertz CT molecular complexity index is 854. The largest absolute Gasteiger partial charge is 0.495 e. The summed E-state index contributed by atoms with van der Waals surface area (Å²) in [6, 6.07) is 6.03. The Morgan fingerprint density at radius 3 is 2.50 bits per heavy atom. The molecule has 26 heavy (non-hydrogen) atoms. The molecule has 0 bridgehead atoms. The molecule has 1 fully saturated rings. The van der Waals surface area contributed by atoms with Gasteiger partial charge in [0, 0.05) is 13.1 Å². The topological polar surface area (TPSA) is 88.9 Å². The third-order valence-electron chi connectivity index (χ3n) is 4.41. The van der Waals surface area contributed by atoms with Gasteiger partial charge < -0.3 is 14.5 Å². The number of nitrogens with zero attached hydrogens (tertiary/aromatic N) is 1. The van der Waals surface area contributed by atoms with Crippen LogP contribution in [0.1, 0.15) is 36.0 Å². The summed E-state index contributed by atoms with van der Waals surface area (Å²) >= 11 is 0. The minimum atomic E-state index is -3.61. The second kappa shape index (κ2) is 7.92. The number of sulfonamides is 1. The summed E-state index contributed by atoms with van der Waals surface area (Å²) in [5.41, 5.74) is 0.641. The highest BCUT2D eigenvalue weighted by atomic mass is 32.2. The number of benzene rings is 1. The smallest absolute Gasteiger partial charge is 0.259 e. The van der Waals surface area contributed by atoms with Gasteiger partial charge in [-0.2, -0.15) is 4.31 Å². The van der Waals surface area contributed by atoms with Crippen LogP contribution in [0.15, 0.2) is 46.1 Å². The fourth-order valence-electron chi connectivity index (χ4n) is 2.96. The third kappa shape index (κ3) is 3.91. The molecule has 1 aromatic heterocycles. The normalized spacial score (nSPS) is 16.0. The quantitative estimate of drug-likeness (QED) is 0.864. The number of anilines is 1. The third-order valence-corrected chi connectivity index (χ3v) is 6.30. The zero-order valence-corrected chi connectivity index (χ0v) is 15.4. The van der Waals surface area contributed by atoms with Crippen molar-refractivity contribution >= 4 is 21.6 Å². The molecule has 2 aromatic rings. The maximum Gasteiger partial charge on any atom is 0.259 e. The van der Waals surface area contributed by atoms with E-state index in [9.17, 15) is 13.2 Å². The molecule has 0 spiro atoms. The maximum atomic E-state index is 13.0. The van der Waals surface area contributed by atoms with Crippen LogP contribution in [0.4, 0.5) is 5.69 Å². The second-order valence-corrected chi connectivity index (χ2v) is 8.08. The highest BCUT2D eigenvalue weighted by molar-refractivity contribution is 7.89. The highest BCUT2D eigenvalue weighted by Gasteiger charge is 2.26. The zero-order chi connectivity index (χ0) is 18.6. The van der Waals surface area contributed by atoms with E-state index in [4.69, 9.17) is 9.15 Å². The van der Waals surface area contributed by atoms with Crippen LogP contribution in [-0.2, 0) is 10.0 Å². The van der Waals surface area contributed by atoms with Crippen molar-refractivity contribution in [3.63, 3.8) is 0 Å². The van der Waals surface area contributed by atoms with Crippen LogP contribution < -0.4 is 10.1 Å². The fourth-order valence-corrected chi connectivity index (χ4v) is 4.51. The van der Waals surface area contributed by atoms with Crippen molar-refractivity contribution in [2.75, 3.05) is 25.5 Å². The minimum absolute atomic E-state index is 0.141. The molecule has 0 atom stereocenters. The Morgan fingerprint density at radius 1 is 1.15 bits per heavy atom. The number of carbonyl (C=O) groups is 1. The Labute approximate surface area is 153 Å². The first-order chi connectivity index (χ1) is 12.5. The van der Waals surface area contributed by atoms with E-state index in [0.29, 0.717) is 30.1 Å². The summed E-state index contributed by atoms with van der Waals surface area (Å²) in [7, 11) is -2.15. The zero-order valence-electron chi connectivity index (χ0n) is 14.6. The Hall–Kier alpha value is -2.32. The van der Waals surface area contributed by atoms with Crippen LogP contribution >= 0.6 is 0 Å². The van der Waals surface area contributed by atoms with Gasteiger partial charge >= 0.3 is 0 Å². The number of hydrogen-bond donors (Lipinski definition) is 1. The molecule has 1 aliphatic rings. The molecule has 0 saturated carbocycles. The molecule has 1 amide bonds. The van der Waals surface area contributed by atoms with E-state index in [1.807, 2.05) is 0 Å². The minimum Gasteiger partial charge on any atom is -0.495 e. The second-order valence-electron chi connectivity index (χ2n) is 6.15. The first-order valence-corrected chi connectivity index (χ1v) is 9.98. The van der Waals surface area contributed by atoms with Crippen molar-refractivity contribution in [2.24, 2.45) is 0 Å². The summed E-state index contributed by atoms with van der Waals surface area (Å²) < 4.78 is 37.6. The van der Waals surface area contributed by atoms with Gasteiger partial charge in [0.2, 0.25) is 10.0 Å². The van der Waals surface area contributed by atoms with Gasteiger partial charge in [-0.1, -0.05) is 12.8 Å². The Kier molecular flexibility index (Phi) is 5.63. The van der Waals surface area contributed by atoms with Crippen molar-refractivity contribution in [1.82, 2.24) is 4.31 Å². The number of carbonyl (C=O) groups excluding carboxylic acids is 1. The molecule has 1 aliphatic heterocycles. The molecular weight excluding hydrogens is 356 g/mol. The number of furan rings is 1. The summed E-state index contributed by atoms with van der Waals surface area (Å²) in [5, 5.41) is 2.68. The van der Waals surface area contributed by atoms with Gasteiger partial charge in [0.15, 0.2) is 0 Å². The van der Waals surface area contributed by atoms with Gasteiger partial charge in [-0.25, -0.2) is 8.42 Å². The molecule has 0 radical (unpaired) electrons. The van der Waals surface area contributed by atoms with Crippen molar-refractivity contribution in [3.8, 4) is 5.75 Å². The lowest BCUT2D eigenvalue weighted by Gasteiger charge is -2.21. The maximum absolute atomic E-state index is 13.0. The van der Waals surface area contributed by atoms with E-state index in [1.54, 1.807) is 6.07 Å². The molecule has 1 aromatic carbocycles. The Morgan fingerprint density at radius 2 is 1.88 bits per heavy atom. The monoisotopic (exact) mass is 378 g/mol. The lowest BCUT2D eigenvalue weighted by atomic mass is 10.2. The lowest BCUT2D eigenvalue weighted by molar-refractivity contribution is 0.102. The summed E-state index contributed by atoms with van der Waals surface area (Å²) in [4.78, 5) is 12.4. The standard InChI is InChI=1S/C18H22N2O5S/c1-24-17-7-6-15(26(22,23)20-9-4-2-3-5-10-20)12-16(17)19-18(21)14-8-11-25-13-14/h6-8,11-13H,2-5,9-10H2,1H3,(H,19,21). The van der Waals surface area contributed by atoms with Gasteiger partial charge in [-0.15, -0.1) is 0 Å². The predicted molar refractivity (Wildman–Crippen MR) is 96.9 cm³/mol. The number of amides is 1. The molecule has 0 aliphatic carbocycles. The molecule has 1 N–H and O–H groups in total. The predicted octanol–water partition coefficient (Wildman–Crippen LogP) is 3.11. The lowest BCUT2D eigenvalue weighted by Crippen LogP contribution is -2.32. The van der Waals surface area contributed by atoms with Crippen LogP contribution in [0.2, 0.25) is 0 Å². The van der Waals surface area contributed by atoms with Crippen molar-refractivity contribution in [1.29, 1.82) is 0 Å². The van der Waals surface area contributed by atoms with Gasteiger partial charge in [-0.3, -0.25) is 4.79 Å². The van der Waals surface area contributed by atoms with Crippen LogP contribution in [0, 0.1) is 0 Å². The van der Waals surface area contributed by atoms with Crippen LogP contribution in [0.25, 0.3) is 0 Å². The van der Waals surface area contributed by atoms with Crippen molar-refractivity contribution in [2.45, 2.75) is 30.6 Å². The number of hydrogen-bond acceptors (Lipinski definition) is 5. The highest BCUT2D eigenvalue weighted by Crippen LogP contribution is 2.30. The van der Waals surface area contributed by atoms with E-state index in [0.717, 1.165) is 25.7 Å². The molecule has 140 valence electrons. The molecule has 2 heterocycles. The molecular formula is C18H22N2O5S. The summed E-state index contributed by atoms with van der Waals surface area (Å²) in [6.07, 6.45) is 6.52. The van der Waals surface area contributed by atoms with Crippen LogP contribution in [0.3, 0.4) is 0 Å². The SMILES string of the molecule is COc1ccc(S(=O)(=O)N2CCCCCC2)cc1NC(=O)c1ccoc1.